The summed E-state index contributed by atoms with van der Waals surface area (Å²) in [6, 6.07) is 0. The van der Waals surface area contributed by atoms with Gasteiger partial charge in [0.15, 0.2) is 11.4 Å². The first-order chi connectivity index (χ1) is 13.0. The van der Waals surface area contributed by atoms with Crippen LogP contribution in [-0.2, 0) is 14.3 Å². The molecule has 4 aliphatic rings. The van der Waals surface area contributed by atoms with E-state index in [-0.39, 0.29) is 23.3 Å². The Morgan fingerprint density at radius 2 is 1.61 bits per heavy atom. The summed E-state index contributed by atoms with van der Waals surface area (Å²) in [7, 11) is 0. The highest BCUT2D eigenvalue weighted by Gasteiger charge is 2.68. The van der Waals surface area contributed by atoms with Crippen molar-refractivity contribution in [2.45, 2.75) is 97.7 Å². The third kappa shape index (κ3) is 2.58. The highest BCUT2D eigenvalue weighted by atomic mass is 16.6. The first-order valence-electron chi connectivity index (χ1n) is 11.4. The molecule has 0 radical (unpaired) electrons. The zero-order valence-electron chi connectivity index (χ0n) is 18.3. The summed E-state index contributed by atoms with van der Waals surface area (Å²) in [5.74, 6) is 2.62. The summed E-state index contributed by atoms with van der Waals surface area (Å²) in [4.78, 5) is 24.7. The van der Waals surface area contributed by atoms with Crippen LogP contribution in [0.25, 0.3) is 0 Å². The minimum atomic E-state index is -0.932. The van der Waals surface area contributed by atoms with Gasteiger partial charge >= 0.3 is 5.97 Å². The highest BCUT2D eigenvalue weighted by molar-refractivity contribution is 5.89. The molecule has 0 aromatic heterocycles. The molecular formula is C24H38O4. The Hall–Kier alpha value is -0.900. The molecule has 4 rings (SSSR count). The second-order valence-corrected chi connectivity index (χ2v) is 11.1. The fourth-order valence-corrected chi connectivity index (χ4v) is 8.78. The van der Waals surface area contributed by atoms with Crippen LogP contribution in [-0.4, -0.2) is 28.6 Å². The van der Waals surface area contributed by atoms with Crippen molar-refractivity contribution < 1.29 is 19.4 Å². The minimum absolute atomic E-state index is 0.0277. The van der Waals surface area contributed by atoms with E-state index in [0.717, 1.165) is 38.5 Å². The van der Waals surface area contributed by atoms with E-state index in [0.29, 0.717) is 41.4 Å². The van der Waals surface area contributed by atoms with Crippen LogP contribution in [0.2, 0.25) is 0 Å². The molecule has 28 heavy (non-hydrogen) atoms. The molecule has 0 aromatic carbocycles. The molecule has 0 saturated heterocycles. The lowest BCUT2D eigenvalue weighted by molar-refractivity contribution is -0.195. The summed E-state index contributed by atoms with van der Waals surface area (Å²) in [5.41, 5.74) is -0.882. The largest absolute Gasteiger partial charge is 0.451 e. The van der Waals surface area contributed by atoms with Gasteiger partial charge in [-0.15, -0.1) is 0 Å². The van der Waals surface area contributed by atoms with Gasteiger partial charge < -0.3 is 9.84 Å². The van der Waals surface area contributed by atoms with Crippen molar-refractivity contribution in [3.05, 3.63) is 0 Å². The predicted molar refractivity (Wildman–Crippen MR) is 107 cm³/mol. The van der Waals surface area contributed by atoms with E-state index in [1.807, 2.05) is 0 Å². The van der Waals surface area contributed by atoms with Crippen molar-refractivity contribution in [1.29, 1.82) is 0 Å². The average molecular weight is 391 g/mol. The standard InChI is InChI=1S/C24H38O4/c1-14-12-18-19(22(4)9-6-17(27)13-21(14)22)7-10-23(5)20(18)8-11-24(23,15(2)25)28-16(3)26/h14,17-21,27H,6-13H2,1-5H3/t14-,17+,18+,19-,20-,21+,22+,23-,24-/m0/s1. The van der Waals surface area contributed by atoms with Crippen LogP contribution in [0, 0.1) is 40.4 Å². The number of hydrogen-bond acceptors (Lipinski definition) is 4. The zero-order chi connectivity index (χ0) is 20.5. The molecule has 0 spiro atoms. The molecule has 1 N–H and O–H groups in total. The Labute approximate surface area is 169 Å². The minimum Gasteiger partial charge on any atom is -0.451 e. The molecule has 0 unspecified atom stereocenters. The Bertz CT molecular complexity index is 674. The number of carbonyl (C=O) groups excluding carboxylic acids is 2. The molecule has 9 atom stereocenters. The van der Waals surface area contributed by atoms with Crippen molar-refractivity contribution in [1.82, 2.24) is 0 Å². The van der Waals surface area contributed by atoms with Gasteiger partial charge in [0.2, 0.25) is 0 Å². The van der Waals surface area contributed by atoms with Crippen molar-refractivity contribution in [2.24, 2.45) is 40.4 Å². The first kappa shape index (κ1) is 20.4. The number of hydrogen-bond donors (Lipinski definition) is 1. The lowest BCUT2D eigenvalue weighted by atomic mass is 9.42. The molecular weight excluding hydrogens is 352 g/mol. The SMILES string of the molecule is CC(=O)O[C@]1(C(C)=O)CC[C@H]2[C@@H]3C[C@H](C)[C@H]4C[C@H](O)CC[C@]4(C)[C@H]3CC[C@@]21C. The Morgan fingerprint density at radius 3 is 2.25 bits per heavy atom. The number of esters is 1. The average Bonchev–Trinajstić information content (AvgIpc) is 2.90. The van der Waals surface area contributed by atoms with E-state index in [1.54, 1.807) is 6.92 Å². The molecule has 0 heterocycles. The maximum Gasteiger partial charge on any atom is 0.303 e. The van der Waals surface area contributed by atoms with E-state index in [4.69, 9.17) is 4.74 Å². The van der Waals surface area contributed by atoms with E-state index in [2.05, 4.69) is 20.8 Å². The van der Waals surface area contributed by atoms with Crippen LogP contribution in [0.4, 0.5) is 0 Å². The maximum absolute atomic E-state index is 12.8. The van der Waals surface area contributed by atoms with E-state index in [9.17, 15) is 14.7 Å². The molecule has 158 valence electrons. The Balaban J connectivity index is 1.69. The third-order valence-corrected chi connectivity index (χ3v) is 10.0. The lowest BCUT2D eigenvalue weighted by Crippen LogP contribution is -2.60. The van der Waals surface area contributed by atoms with E-state index in [1.165, 1.54) is 13.3 Å². The summed E-state index contributed by atoms with van der Waals surface area (Å²) in [6.07, 6.45) is 7.80. The van der Waals surface area contributed by atoms with Crippen LogP contribution in [0.15, 0.2) is 0 Å². The number of rotatable bonds is 2. The maximum atomic E-state index is 12.8. The smallest absolute Gasteiger partial charge is 0.303 e. The van der Waals surface area contributed by atoms with Gasteiger partial charge in [0.25, 0.3) is 0 Å². The normalized spacial score (nSPS) is 52.9. The zero-order valence-corrected chi connectivity index (χ0v) is 18.3. The second-order valence-electron chi connectivity index (χ2n) is 11.1. The lowest BCUT2D eigenvalue weighted by Gasteiger charge is -2.63. The summed E-state index contributed by atoms with van der Waals surface area (Å²) in [6.45, 7) is 10.1. The van der Waals surface area contributed by atoms with Gasteiger partial charge in [-0.1, -0.05) is 20.8 Å². The van der Waals surface area contributed by atoms with Crippen LogP contribution in [0.1, 0.15) is 86.0 Å². The van der Waals surface area contributed by atoms with Gasteiger partial charge in [0, 0.05) is 12.3 Å². The number of ketones is 1. The molecule has 0 aromatic rings. The van der Waals surface area contributed by atoms with Crippen LogP contribution >= 0.6 is 0 Å². The number of aliphatic hydroxyl groups is 1. The van der Waals surface area contributed by atoms with Gasteiger partial charge in [-0.05, 0) is 93.3 Å². The molecule has 4 saturated carbocycles. The summed E-state index contributed by atoms with van der Waals surface area (Å²) < 4.78 is 5.86. The highest BCUT2D eigenvalue weighted by Crippen LogP contribution is 2.69. The van der Waals surface area contributed by atoms with Crippen molar-refractivity contribution in [2.75, 3.05) is 0 Å². The summed E-state index contributed by atoms with van der Waals surface area (Å²) >= 11 is 0. The topological polar surface area (TPSA) is 63.6 Å². The fraction of sp³-hybridized carbons (Fsp3) is 0.917. The quantitative estimate of drug-likeness (QED) is 0.704. The van der Waals surface area contributed by atoms with Gasteiger partial charge in [-0.25, -0.2) is 0 Å². The molecule has 0 aliphatic heterocycles. The summed E-state index contributed by atoms with van der Waals surface area (Å²) in [5, 5.41) is 10.3. The van der Waals surface area contributed by atoms with Gasteiger partial charge in [-0.2, -0.15) is 0 Å². The van der Waals surface area contributed by atoms with Crippen molar-refractivity contribution in [3.8, 4) is 0 Å². The number of Topliss-reactive ketones (excluding diaryl/α,β-unsaturated/α-hetero) is 1. The van der Waals surface area contributed by atoms with Crippen LogP contribution in [0.3, 0.4) is 0 Å². The predicted octanol–water partition coefficient (Wildman–Crippen LogP) is 4.53. The third-order valence-electron chi connectivity index (χ3n) is 10.0. The second kappa shape index (κ2) is 6.55. The molecule has 4 nitrogen and oxygen atoms in total. The number of carbonyl (C=O) groups is 2. The fourth-order valence-electron chi connectivity index (χ4n) is 8.78. The van der Waals surface area contributed by atoms with Gasteiger partial charge in [-0.3, -0.25) is 9.59 Å². The molecule has 4 fully saturated rings. The van der Waals surface area contributed by atoms with Gasteiger partial charge in [0.05, 0.1) is 6.10 Å². The van der Waals surface area contributed by atoms with E-state index < -0.39 is 5.60 Å². The molecule has 0 amide bonds. The van der Waals surface area contributed by atoms with Gasteiger partial charge in [0.1, 0.15) is 0 Å². The molecule has 4 aliphatic carbocycles. The Kier molecular flexibility index (Phi) is 4.77. The molecule has 0 bridgehead atoms. The Morgan fingerprint density at radius 1 is 0.929 bits per heavy atom. The van der Waals surface area contributed by atoms with Crippen LogP contribution in [0.5, 0.6) is 0 Å². The number of ether oxygens (including phenoxy) is 1. The van der Waals surface area contributed by atoms with Crippen LogP contribution < -0.4 is 0 Å². The van der Waals surface area contributed by atoms with E-state index >= 15 is 0 Å². The number of aliphatic hydroxyl groups excluding tert-OH is 1. The monoisotopic (exact) mass is 390 g/mol. The molecule has 4 heteroatoms. The van der Waals surface area contributed by atoms with Crippen molar-refractivity contribution >= 4 is 11.8 Å². The first-order valence-corrected chi connectivity index (χ1v) is 11.4. The number of fused-ring (bicyclic) bond motifs is 5. The van der Waals surface area contributed by atoms with Crippen molar-refractivity contribution in [3.63, 3.8) is 0 Å².